The topological polar surface area (TPSA) is 83.6 Å². The fourth-order valence-corrected chi connectivity index (χ4v) is 1.46. The predicted octanol–water partition coefficient (Wildman–Crippen LogP) is -0.167. The molecule has 1 heterocycles. The number of carboxylic acid groups (broad SMARTS) is 1. The first kappa shape index (κ1) is 13.2. The molecule has 0 unspecified atom stereocenters. The summed E-state index contributed by atoms with van der Waals surface area (Å²) in [6.07, 6.45) is 2.39. The number of amides is 1. The van der Waals surface area contributed by atoms with Crippen LogP contribution in [-0.2, 0) is 9.59 Å². The lowest BCUT2D eigenvalue weighted by molar-refractivity contribution is -0.144. The fraction of sp³-hybridized carbons (Fsp3) is 0.750. The van der Waals surface area contributed by atoms with E-state index in [9.17, 15) is 9.59 Å². The number of carbonyl (C=O) groups is 2. The maximum absolute atomic E-state index is 11.4. The number of halogens is 1. The highest BCUT2D eigenvalue weighted by Gasteiger charge is 2.24. The third kappa shape index (κ3) is 3.51. The highest BCUT2D eigenvalue weighted by atomic mass is 35.5. The van der Waals surface area contributed by atoms with Gasteiger partial charge in [0.2, 0.25) is 5.91 Å². The molecule has 0 aromatic heterocycles. The SMILES string of the molecule is Cl.N[C@H]1CCCCN(CC(=O)O)C1=O. The number of rotatable bonds is 2. The normalized spacial score (nSPS) is 22.5. The van der Waals surface area contributed by atoms with E-state index in [1.165, 1.54) is 4.90 Å². The van der Waals surface area contributed by atoms with Crippen LogP contribution in [0.1, 0.15) is 19.3 Å². The van der Waals surface area contributed by atoms with Crippen LogP contribution in [0.2, 0.25) is 0 Å². The van der Waals surface area contributed by atoms with Crippen molar-refractivity contribution >= 4 is 24.3 Å². The Bertz CT molecular complexity index is 223. The van der Waals surface area contributed by atoms with E-state index in [1.807, 2.05) is 0 Å². The second-order valence-electron chi connectivity index (χ2n) is 3.26. The van der Waals surface area contributed by atoms with Gasteiger partial charge in [-0.05, 0) is 19.3 Å². The Morgan fingerprint density at radius 2 is 2.21 bits per heavy atom. The van der Waals surface area contributed by atoms with Crippen molar-refractivity contribution in [2.24, 2.45) is 5.73 Å². The minimum Gasteiger partial charge on any atom is -0.480 e. The first-order valence-electron chi connectivity index (χ1n) is 4.37. The largest absolute Gasteiger partial charge is 0.480 e. The van der Waals surface area contributed by atoms with E-state index in [0.29, 0.717) is 13.0 Å². The monoisotopic (exact) mass is 222 g/mol. The van der Waals surface area contributed by atoms with Crippen LogP contribution in [0.25, 0.3) is 0 Å². The average Bonchev–Trinajstić information content (AvgIpc) is 2.19. The van der Waals surface area contributed by atoms with E-state index in [4.69, 9.17) is 10.8 Å². The zero-order chi connectivity index (χ0) is 9.84. The third-order valence-corrected chi connectivity index (χ3v) is 2.15. The molecule has 82 valence electrons. The van der Waals surface area contributed by atoms with Crippen molar-refractivity contribution in [3.8, 4) is 0 Å². The van der Waals surface area contributed by atoms with Gasteiger partial charge < -0.3 is 15.7 Å². The van der Waals surface area contributed by atoms with Crippen LogP contribution in [0.15, 0.2) is 0 Å². The first-order valence-corrected chi connectivity index (χ1v) is 4.37. The van der Waals surface area contributed by atoms with Gasteiger partial charge in [0.1, 0.15) is 6.54 Å². The predicted molar refractivity (Wildman–Crippen MR) is 53.3 cm³/mol. The number of likely N-dealkylation sites (tertiary alicyclic amines) is 1. The lowest BCUT2D eigenvalue weighted by atomic mass is 10.1. The standard InChI is InChI=1S/C8H14N2O3.ClH/c9-6-3-1-2-4-10(8(6)13)5-7(11)12;/h6H,1-5,9H2,(H,11,12);1H/t6-;/m0./s1. The number of hydrogen-bond donors (Lipinski definition) is 2. The molecule has 1 amide bonds. The van der Waals surface area contributed by atoms with Crippen LogP contribution in [0.4, 0.5) is 0 Å². The van der Waals surface area contributed by atoms with Crippen molar-refractivity contribution in [1.29, 1.82) is 0 Å². The van der Waals surface area contributed by atoms with Gasteiger partial charge in [0, 0.05) is 6.54 Å². The van der Waals surface area contributed by atoms with Gasteiger partial charge in [-0.1, -0.05) is 0 Å². The number of nitrogens with zero attached hydrogens (tertiary/aromatic N) is 1. The molecule has 0 radical (unpaired) electrons. The first-order chi connectivity index (χ1) is 6.11. The van der Waals surface area contributed by atoms with E-state index in [-0.39, 0.29) is 24.9 Å². The Hall–Kier alpha value is -0.810. The average molecular weight is 223 g/mol. The number of aliphatic carboxylic acids is 1. The smallest absolute Gasteiger partial charge is 0.323 e. The Morgan fingerprint density at radius 3 is 2.79 bits per heavy atom. The zero-order valence-electron chi connectivity index (χ0n) is 7.81. The van der Waals surface area contributed by atoms with Crippen LogP contribution >= 0.6 is 12.4 Å². The van der Waals surface area contributed by atoms with Crippen molar-refractivity contribution in [3.05, 3.63) is 0 Å². The van der Waals surface area contributed by atoms with Crippen molar-refractivity contribution in [3.63, 3.8) is 0 Å². The Morgan fingerprint density at radius 1 is 1.57 bits per heavy atom. The van der Waals surface area contributed by atoms with E-state index in [0.717, 1.165) is 12.8 Å². The summed E-state index contributed by atoms with van der Waals surface area (Å²) >= 11 is 0. The summed E-state index contributed by atoms with van der Waals surface area (Å²) in [4.78, 5) is 23.1. The molecule has 0 aliphatic carbocycles. The molecule has 5 nitrogen and oxygen atoms in total. The minimum atomic E-state index is -0.984. The zero-order valence-corrected chi connectivity index (χ0v) is 8.63. The molecule has 1 aliphatic rings. The molecule has 3 N–H and O–H groups in total. The van der Waals surface area contributed by atoms with Crippen LogP contribution in [0.3, 0.4) is 0 Å². The highest BCUT2D eigenvalue weighted by Crippen LogP contribution is 2.09. The number of nitrogens with two attached hydrogens (primary N) is 1. The van der Waals surface area contributed by atoms with Gasteiger partial charge in [0.15, 0.2) is 0 Å². The minimum absolute atomic E-state index is 0. The molecular formula is C8H15ClN2O3. The Kier molecular flexibility index (Phi) is 5.49. The second kappa shape index (κ2) is 5.82. The number of carbonyl (C=O) groups excluding carboxylic acids is 1. The quantitative estimate of drug-likeness (QED) is 0.680. The van der Waals surface area contributed by atoms with Gasteiger partial charge in [-0.15, -0.1) is 12.4 Å². The molecule has 0 spiro atoms. The molecule has 6 heteroatoms. The molecule has 1 fully saturated rings. The van der Waals surface area contributed by atoms with Crippen LogP contribution in [0, 0.1) is 0 Å². The highest BCUT2D eigenvalue weighted by molar-refractivity contribution is 5.85. The Balaban J connectivity index is 0.00000169. The van der Waals surface area contributed by atoms with Crippen LogP contribution in [0.5, 0.6) is 0 Å². The summed E-state index contributed by atoms with van der Waals surface area (Å²) < 4.78 is 0. The van der Waals surface area contributed by atoms with Gasteiger partial charge in [-0.3, -0.25) is 9.59 Å². The van der Waals surface area contributed by atoms with E-state index >= 15 is 0 Å². The molecular weight excluding hydrogens is 208 g/mol. The van der Waals surface area contributed by atoms with Crippen molar-refractivity contribution < 1.29 is 14.7 Å². The summed E-state index contributed by atoms with van der Waals surface area (Å²) in [5.74, 6) is -1.22. The van der Waals surface area contributed by atoms with E-state index in [1.54, 1.807) is 0 Å². The fourth-order valence-electron chi connectivity index (χ4n) is 1.46. The van der Waals surface area contributed by atoms with E-state index in [2.05, 4.69) is 0 Å². The molecule has 1 saturated heterocycles. The van der Waals surface area contributed by atoms with Gasteiger partial charge in [0.05, 0.1) is 6.04 Å². The summed E-state index contributed by atoms with van der Waals surface area (Å²) in [5, 5.41) is 8.53. The molecule has 1 rings (SSSR count). The molecule has 0 aromatic rings. The maximum atomic E-state index is 11.4. The van der Waals surface area contributed by atoms with Gasteiger partial charge in [-0.2, -0.15) is 0 Å². The van der Waals surface area contributed by atoms with Crippen molar-refractivity contribution in [2.75, 3.05) is 13.1 Å². The molecule has 1 atom stereocenters. The van der Waals surface area contributed by atoms with Gasteiger partial charge >= 0.3 is 5.97 Å². The summed E-state index contributed by atoms with van der Waals surface area (Å²) in [6.45, 7) is 0.283. The van der Waals surface area contributed by atoms with Crippen molar-refractivity contribution in [1.82, 2.24) is 4.90 Å². The summed E-state index contributed by atoms with van der Waals surface area (Å²) in [7, 11) is 0. The van der Waals surface area contributed by atoms with Crippen LogP contribution in [-0.4, -0.2) is 41.0 Å². The van der Waals surface area contributed by atoms with E-state index < -0.39 is 12.0 Å². The molecule has 0 bridgehead atoms. The molecule has 0 aromatic carbocycles. The molecule has 1 aliphatic heterocycles. The van der Waals surface area contributed by atoms with Gasteiger partial charge in [0.25, 0.3) is 0 Å². The Labute approximate surface area is 88.7 Å². The molecule has 14 heavy (non-hydrogen) atoms. The number of hydrogen-bond acceptors (Lipinski definition) is 3. The maximum Gasteiger partial charge on any atom is 0.323 e. The van der Waals surface area contributed by atoms with Crippen LogP contribution < -0.4 is 5.73 Å². The summed E-state index contributed by atoms with van der Waals surface area (Å²) in [5.41, 5.74) is 5.56. The number of carboxylic acids is 1. The third-order valence-electron chi connectivity index (χ3n) is 2.15. The lowest BCUT2D eigenvalue weighted by Crippen LogP contribution is -2.44. The molecule has 0 saturated carbocycles. The lowest BCUT2D eigenvalue weighted by Gasteiger charge is -2.20. The van der Waals surface area contributed by atoms with Gasteiger partial charge in [-0.25, -0.2) is 0 Å². The summed E-state index contributed by atoms with van der Waals surface area (Å²) in [6, 6.07) is -0.512. The van der Waals surface area contributed by atoms with Crippen molar-refractivity contribution in [2.45, 2.75) is 25.3 Å². The second-order valence-corrected chi connectivity index (χ2v) is 3.26.